The highest BCUT2D eigenvalue weighted by atomic mass is 16.5. The highest BCUT2D eigenvalue weighted by Gasteiger charge is 1.96. The summed E-state index contributed by atoms with van der Waals surface area (Å²) in [6.07, 6.45) is 1.76. The molecule has 0 aliphatic heterocycles. The van der Waals surface area contributed by atoms with Crippen LogP contribution in [0.2, 0.25) is 0 Å². The molecule has 0 saturated carbocycles. The lowest BCUT2D eigenvalue weighted by molar-refractivity contribution is -0.120. The monoisotopic (exact) mass is 128 g/mol. The third-order valence-corrected chi connectivity index (χ3v) is 0.729. The minimum Gasteiger partial charge on any atom is -0.384 e. The first kappa shape index (κ1) is 7.92. The molecular weight excluding hydrogens is 120 g/mol. The second-order valence-electron chi connectivity index (χ2n) is 1.40. The molecule has 0 unspecified atom stereocenters. The Morgan fingerprint density at radius 1 is 1.89 bits per heavy atom. The van der Waals surface area contributed by atoms with Crippen LogP contribution in [0.15, 0.2) is 0 Å². The number of nitrogens with one attached hydrogen (secondary N) is 1. The van der Waals surface area contributed by atoms with E-state index in [1.54, 1.807) is 0 Å². The summed E-state index contributed by atoms with van der Waals surface area (Å²) in [5, 5.41) is 9.88. The Balaban J connectivity index is 3.19. The van der Waals surface area contributed by atoms with Crippen LogP contribution in [0.5, 0.6) is 0 Å². The Morgan fingerprint density at radius 3 is 3.00 bits per heavy atom. The van der Waals surface area contributed by atoms with Gasteiger partial charge < -0.3 is 4.74 Å². The van der Waals surface area contributed by atoms with E-state index in [4.69, 9.17) is 5.26 Å². The molecule has 0 aliphatic carbocycles. The summed E-state index contributed by atoms with van der Waals surface area (Å²) in [5.41, 5.74) is 0. The van der Waals surface area contributed by atoms with Crippen LogP contribution in [0, 0.1) is 11.5 Å². The molecule has 0 aromatic carbocycles. The van der Waals surface area contributed by atoms with Crippen LogP contribution >= 0.6 is 0 Å². The normalized spacial score (nSPS) is 8.00. The highest BCUT2D eigenvalue weighted by molar-refractivity contribution is 5.77. The first-order chi connectivity index (χ1) is 4.31. The number of nitriles is 1. The lowest BCUT2D eigenvalue weighted by atomic mass is 10.4. The van der Waals surface area contributed by atoms with E-state index in [2.05, 4.69) is 4.74 Å². The Bertz CT molecular complexity index is 127. The maximum absolute atomic E-state index is 10.4. The molecule has 4 heteroatoms. The number of rotatable bonds is 3. The van der Waals surface area contributed by atoms with Gasteiger partial charge in [0.1, 0.15) is 0 Å². The number of carbonyl (C=O) groups excluding carboxylic acids is 1. The molecule has 0 aromatic heterocycles. The largest absolute Gasteiger partial charge is 0.384 e. The molecule has 0 atom stereocenters. The zero-order chi connectivity index (χ0) is 7.11. The number of amides is 1. The van der Waals surface area contributed by atoms with Crippen LogP contribution in [0.4, 0.5) is 0 Å². The number of methoxy groups -OCH3 is 1. The number of hydrogen-bond acceptors (Lipinski definition) is 3. The topological polar surface area (TPSA) is 62.1 Å². The number of ether oxygens (including phenoxy) is 1. The zero-order valence-corrected chi connectivity index (χ0v) is 5.18. The average molecular weight is 128 g/mol. The van der Waals surface area contributed by atoms with E-state index in [0.717, 1.165) is 0 Å². The van der Waals surface area contributed by atoms with Gasteiger partial charge >= 0.3 is 0 Å². The van der Waals surface area contributed by atoms with Gasteiger partial charge in [0.15, 0.2) is 6.19 Å². The fourth-order valence-corrected chi connectivity index (χ4v) is 0.320. The molecule has 0 bridgehead atoms. The van der Waals surface area contributed by atoms with Crippen molar-refractivity contribution in [1.82, 2.24) is 5.32 Å². The van der Waals surface area contributed by atoms with Crippen LogP contribution in [-0.2, 0) is 9.53 Å². The van der Waals surface area contributed by atoms with E-state index < -0.39 is 0 Å². The predicted molar refractivity (Wildman–Crippen MR) is 30.2 cm³/mol. The molecular formula is C5H8N2O2. The second kappa shape index (κ2) is 5.06. The van der Waals surface area contributed by atoms with Crippen LogP contribution in [0.25, 0.3) is 0 Å². The SMILES string of the molecule is COCCC(=O)NC#N. The highest BCUT2D eigenvalue weighted by Crippen LogP contribution is 1.77. The number of carbonyl (C=O) groups is 1. The molecule has 0 fully saturated rings. The molecule has 0 aromatic rings. The van der Waals surface area contributed by atoms with Gasteiger partial charge in [-0.2, -0.15) is 5.26 Å². The maximum atomic E-state index is 10.4. The summed E-state index contributed by atoms with van der Waals surface area (Å²) >= 11 is 0. The van der Waals surface area contributed by atoms with E-state index in [1.165, 1.54) is 13.3 Å². The summed E-state index contributed by atoms with van der Waals surface area (Å²) in [5.74, 6) is -0.306. The van der Waals surface area contributed by atoms with Crippen molar-refractivity contribution in [3.63, 3.8) is 0 Å². The minimum absolute atomic E-state index is 0.240. The molecule has 0 saturated heterocycles. The van der Waals surface area contributed by atoms with Crippen molar-refractivity contribution in [2.75, 3.05) is 13.7 Å². The molecule has 50 valence electrons. The van der Waals surface area contributed by atoms with Crippen LogP contribution in [-0.4, -0.2) is 19.6 Å². The zero-order valence-electron chi connectivity index (χ0n) is 5.18. The van der Waals surface area contributed by atoms with Crippen LogP contribution in [0.3, 0.4) is 0 Å². The smallest absolute Gasteiger partial charge is 0.235 e. The van der Waals surface area contributed by atoms with E-state index in [-0.39, 0.29) is 12.3 Å². The molecule has 1 N–H and O–H groups in total. The van der Waals surface area contributed by atoms with Gasteiger partial charge in [-0.15, -0.1) is 0 Å². The molecule has 0 radical (unpaired) electrons. The molecule has 0 spiro atoms. The predicted octanol–water partition coefficient (Wildman–Crippen LogP) is -0.380. The molecule has 0 rings (SSSR count). The fraction of sp³-hybridized carbons (Fsp3) is 0.600. The minimum atomic E-state index is -0.306. The van der Waals surface area contributed by atoms with Gasteiger partial charge in [0.2, 0.25) is 5.91 Å². The molecule has 1 amide bonds. The van der Waals surface area contributed by atoms with Gasteiger partial charge in [0.25, 0.3) is 0 Å². The van der Waals surface area contributed by atoms with Crippen molar-refractivity contribution in [3.8, 4) is 6.19 Å². The molecule has 0 heterocycles. The van der Waals surface area contributed by atoms with E-state index >= 15 is 0 Å². The summed E-state index contributed by atoms with van der Waals surface area (Å²) < 4.78 is 4.59. The van der Waals surface area contributed by atoms with Crippen molar-refractivity contribution < 1.29 is 9.53 Å². The van der Waals surface area contributed by atoms with Gasteiger partial charge in [-0.3, -0.25) is 10.1 Å². The lowest BCUT2D eigenvalue weighted by Gasteiger charge is -1.93. The Labute approximate surface area is 53.4 Å². The second-order valence-corrected chi connectivity index (χ2v) is 1.40. The van der Waals surface area contributed by atoms with Crippen LogP contribution in [0.1, 0.15) is 6.42 Å². The summed E-state index contributed by atoms with van der Waals surface area (Å²) in [7, 11) is 1.50. The maximum Gasteiger partial charge on any atom is 0.235 e. The third-order valence-electron chi connectivity index (χ3n) is 0.729. The van der Waals surface area contributed by atoms with Crippen molar-refractivity contribution in [2.45, 2.75) is 6.42 Å². The average Bonchev–Trinajstić information content (AvgIpc) is 1.85. The van der Waals surface area contributed by atoms with Gasteiger partial charge in [-0.05, 0) is 0 Å². The van der Waals surface area contributed by atoms with Gasteiger partial charge in [0, 0.05) is 7.11 Å². The van der Waals surface area contributed by atoms with Crippen molar-refractivity contribution in [3.05, 3.63) is 0 Å². The number of nitrogens with zero attached hydrogens (tertiary/aromatic N) is 1. The van der Waals surface area contributed by atoms with Gasteiger partial charge in [-0.25, -0.2) is 0 Å². The van der Waals surface area contributed by atoms with Gasteiger partial charge in [0.05, 0.1) is 13.0 Å². The van der Waals surface area contributed by atoms with Crippen LogP contribution < -0.4 is 5.32 Å². The summed E-state index contributed by atoms with van der Waals surface area (Å²) in [6, 6.07) is 0. The van der Waals surface area contributed by atoms with E-state index in [1.807, 2.05) is 5.32 Å². The van der Waals surface area contributed by atoms with Crippen molar-refractivity contribution in [1.29, 1.82) is 5.26 Å². The third kappa shape index (κ3) is 4.78. The van der Waals surface area contributed by atoms with Crippen molar-refractivity contribution in [2.24, 2.45) is 0 Å². The molecule has 0 aliphatic rings. The fourth-order valence-electron chi connectivity index (χ4n) is 0.320. The number of hydrogen-bond donors (Lipinski definition) is 1. The first-order valence-electron chi connectivity index (χ1n) is 2.48. The summed E-state index contributed by atoms with van der Waals surface area (Å²) in [4.78, 5) is 10.4. The molecule has 9 heavy (non-hydrogen) atoms. The quantitative estimate of drug-likeness (QED) is 0.416. The standard InChI is InChI=1S/C5H8N2O2/c1-9-3-2-5(8)7-4-6/h2-3H2,1H3,(H,7,8). The molecule has 4 nitrogen and oxygen atoms in total. The van der Waals surface area contributed by atoms with Crippen molar-refractivity contribution >= 4 is 5.91 Å². The van der Waals surface area contributed by atoms with E-state index in [0.29, 0.717) is 6.61 Å². The Morgan fingerprint density at radius 2 is 2.56 bits per heavy atom. The Hall–Kier alpha value is -1.08. The summed E-state index contributed by atoms with van der Waals surface area (Å²) in [6.45, 7) is 0.355. The van der Waals surface area contributed by atoms with E-state index in [9.17, 15) is 4.79 Å². The Kier molecular flexibility index (Phi) is 4.46. The van der Waals surface area contributed by atoms with Gasteiger partial charge in [-0.1, -0.05) is 0 Å². The first-order valence-corrected chi connectivity index (χ1v) is 2.48. The lowest BCUT2D eigenvalue weighted by Crippen LogP contribution is -2.18.